The Morgan fingerprint density at radius 2 is 1.78 bits per heavy atom. The van der Waals surface area contributed by atoms with Crippen LogP contribution in [0.15, 0.2) is 48.5 Å². The summed E-state index contributed by atoms with van der Waals surface area (Å²) >= 11 is 0. The lowest BCUT2D eigenvalue weighted by atomic mass is 9.87. The van der Waals surface area contributed by atoms with E-state index in [9.17, 15) is 26.0 Å². The first-order valence-corrected chi connectivity index (χ1v) is 9.74. The molecule has 2 aromatic carbocycles. The lowest BCUT2D eigenvalue weighted by Gasteiger charge is -2.22. The van der Waals surface area contributed by atoms with Crippen LogP contribution in [0.1, 0.15) is 29.7 Å². The molecule has 0 spiro atoms. The highest BCUT2D eigenvalue weighted by atomic mass is 32.2. The highest BCUT2D eigenvalue weighted by Crippen LogP contribution is 2.60. The molecule has 0 bridgehead atoms. The number of ether oxygens (including phenoxy) is 1. The third kappa shape index (κ3) is 3.99. The van der Waals surface area contributed by atoms with Crippen molar-refractivity contribution in [2.24, 2.45) is 0 Å². The number of benzene rings is 2. The molecule has 3 unspecified atom stereocenters. The van der Waals surface area contributed by atoms with Crippen molar-refractivity contribution in [3.05, 3.63) is 71.0 Å². The first kappa shape index (κ1) is 19.8. The zero-order chi connectivity index (χ0) is 20.0. The number of hydrogen-bond acceptors (Lipinski definition) is 4. The van der Waals surface area contributed by atoms with E-state index in [0.717, 1.165) is 18.4 Å². The third-order valence-corrected chi connectivity index (χ3v) is 5.02. The molecule has 1 heterocycles. The molecule has 0 aromatic heterocycles. The maximum atomic E-state index is 13.2. The summed E-state index contributed by atoms with van der Waals surface area (Å²) in [6.07, 6.45) is -5.61. The van der Waals surface area contributed by atoms with Crippen LogP contribution in [-0.2, 0) is 30.8 Å². The summed E-state index contributed by atoms with van der Waals surface area (Å²) in [5.74, 6) is -0.482. The van der Waals surface area contributed by atoms with Crippen LogP contribution < -0.4 is 0 Å². The fraction of sp³-hybridized carbons (Fsp3) is 0.333. The van der Waals surface area contributed by atoms with Crippen LogP contribution in [0.4, 0.5) is 17.6 Å². The summed E-state index contributed by atoms with van der Waals surface area (Å²) in [6, 6.07) is 9.70. The van der Waals surface area contributed by atoms with E-state index < -0.39 is 45.5 Å². The Kier molecular flexibility index (Phi) is 4.82. The smallest absolute Gasteiger partial charge is 0.353 e. The van der Waals surface area contributed by atoms with Crippen LogP contribution in [-0.4, -0.2) is 20.8 Å². The van der Waals surface area contributed by atoms with Crippen molar-refractivity contribution < 1.29 is 34.9 Å². The molecule has 1 saturated heterocycles. The highest BCUT2D eigenvalue weighted by molar-refractivity contribution is 7.86. The van der Waals surface area contributed by atoms with E-state index in [1.165, 1.54) is 43.3 Å². The normalized spacial score (nSPS) is 23.9. The van der Waals surface area contributed by atoms with Gasteiger partial charge < -0.3 is 4.74 Å². The Balaban J connectivity index is 2.06. The van der Waals surface area contributed by atoms with E-state index in [1.54, 1.807) is 0 Å². The molecule has 1 aliphatic rings. The molecule has 0 saturated carbocycles. The van der Waals surface area contributed by atoms with Crippen LogP contribution >= 0.6 is 0 Å². The Morgan fingerprint density at radius 1 is 1.15 bits per heavy atom. The van der Waals surface area contributed by atoms with Gasteiger partial charge in [-0.15, -0.1) is 0 Å². The predicted octanol–water partition coefficient (Wildman–Crippen LogP) is 4.18. The van der Waals surface area contributed by atoms with Gasteiger partial charge in [-0.05, 0) is 42.3 Å². The topological polar surface area (TPSA) is 55.9 Å². The quantitative estimate of drug-likeness (QED) is 0.426. The van der Waals surface area contributed by atoms with Gasteiger partial charge in [0.1, 0.15) is 18.0 Å². The maximum Gasteiger partial charge on any atom is 0.416 e. The molecule has 4 nitrogen and oxygen atoms in total. The van der Waals surface area contributed by atoms with Crippen LogP contribution in [0, 0.1) is 5.82 Å². The van der Waals surface area contributed by atoms with Crippen LogP contribution in [0.25, 0.3) is 0 Å². The van der Waals surface area contributed by atoms with Gasteiger partial charge in [0.15, 0.2) is 5.60 Å². The van der Waals surface area contributed by atoms with Crippen molar-refractivity contribution in [3.63, 3.8) is 0 Å². The van der Waals surface area contributed by atoms with E-state index in [2.05, 4.69) is 0 Å². The van der Waals surface area contributed by atoms with Gasteiger partial charge in [0.25, 0.3) is 10.1 Å². The van der Waals surface area contributed by atoms with E-state index in [4.69, 9.17) is 8.92 Å². The second-order valence-electron chi connectivity index (χ2n) is 6.36. The van der Waals surface area contributed by atoms with E-state index in [0.29, 0.717) is 5.56 Å². The van der Waals surface area contributed by atoms with Crippen molar-refractivity contribution >= 4 is 10.1 Å². The predicted molar refractivity (Wildman–Crippen MR) is 88.7 cm³/mol. The molecular formula is C18H16F4O4S. The Labute approximate surface area is 153 Å². The Morgan fingerprint density at radius 3 is 2.33 bits per heavy atom. The lowest BCUT2D eigenvalue weighted by molar-refractivity contribution is -0.137. The minimum Gasteiger partial charge on any atom is -0.353 e. The van der Waals surface area contributed by atoms with Gasteiger partial charge in [-0.25, -0.2) is 4.39 Å². The van der Waals surface area contributed by atoms with Crippen LogP contribution in [0.2, 0.25) is 0 Å². The van der Waals surface area contributed by atoms with Crippen molar-refractivity contribution in [1.29, 1.82) is 0 Å². The van der Waals surface area contributed by atoms with Crippen molar-refractivity contribution in [3.8, 4) is 0 Å². The monoisotopic (exact) mass is 404 g/mol. The molecule has 1 fully saturated rings. The van der Waals surface area contributed by atoms with E-state index in [1.807, 2.05) is 0 Å². The molecule has 3 atom stereocenters. The molecule has 3 rings (SSSR count). The summed E-state index contributed by atoms with van der Waals surface area (Å²) in [7, 11) is -3.89. The summed E-state index contributed by atoms with van der Waals surface area (Å²) in [6.45, 7) is 1.41. The molecule has 27 heavy (non-hydrogen) atoms. The molecular weight excluding hydrogens is 388 g/mol. The van der Waals surface area contributed by atoms with Gasteiger partial charge in [0.05, 0.1) is 11.8 Å². The second kappa shape index (κ2) is 6.57. The molecule has 0 aliphatic carbocycles. The number of epoxide rings is 1. The SMILES string of the molecule is CC(OS(C)(=O)=O)C1(c2cccc(C(F)(F)F)c2)OC1c1ccc(F)cc1. The van der Waals surface area contributed by atoms with Gasteiger partial charge in [-0.1, -0.05) is 24.3 Å². The van der Waals surface area contributed by atoms with Gasteiger partial charge in [0.2, 0.25) is 0 Å². The highest BCUT2D eigenvalue weighted by Gasteiger charge is 2.63. The number of alkyl halides is 3. The summed E-state index contributed by atoms with van der Waals surface area (Å²) in [4.78, 5) is 0. The molecule has 9 heteroatoms. The number of halogens is 4. The minimum atomic E-state index is -4.57. The number of hydrogen-bond donors (Lipinski definition) is 0. The first-order valence-electron chi connectivity index (χ1n) is 7.93. The summed E-state index contributed by atoms with van der Waals surface area (Å²) in [5.41, 5.74) is -1.71. The maximum absolute atomic E-state index is 13.2. The molecule has 0 N–H and O–H groups in total. The molecule has 2 aromatic rings. The first-order chi connectivity index (χ1) is 12.4. The fourth-order valence-corrected chi connectivity index (χ4v) is 3.82. The largest absolute Gasteiger partial charge is 0.416 e. The Hall–Kier alpha value is -1.97. The minimum absolute atomic E-state index is 0.128. The summed E-state index contributed by atoms with van der Waals surface area (Å²) in [5, 5.41) is 0. The van der Waals surface area contributed by atoms with Crippen LogP contribution in [0.5, 0.6) is 0 Å². The molecule has 0 radical (unpaired) electrons. The van der Waals surface area contributed by atoms with Crippen molar-refractivity contribution in [2.75, 3.05) is 6.26 Å². The lowest BCUT2D eigenvalue weighted by Crippen LogP contribution is -2.31. The van der Waals surface area contributed by atoms with Gasteiger partial charge in [-0.2, -0.15) is 21.6 Å². The fourth-order valence-electron chi connectivity index (χ4n) is 3.15. The average molecular weight is 404 g/mol. The second-order valence-corrected chi connectivity index (χ2v) is 7.96. The Bertz CT molecular complexity index is 941. The van der Waals surface area contributed by atoms with Gasteiger partial charge >= 0.3 is 6.18 Å². The van der Waals surface area contributed by atoms with Gasteiger partial charge in [-0.3, -0.25) is 4.18 Å². The summed E-state index contributed by atoms with van der Waals surface area (Å²) < 4.78 is 86.3. The zero-order valence-corrected chi connectivity index (χ0v) is 15.1. The molecule has 1 aliphatic heterocycles. The standard InChI is InChI=1S/C18H16F4O4S/c1-11(26-27(2,23)24)17(13-4-3-5-14(10-13)18(20,21)22)16(25-17)12-6-8-15(19)9-7-12/h3-11,16H,1-2H3. The van der Waals surface area contributed by atoms with E-state index >= 15 is 0 Å². The van der Waals surface area contributed by atoms with Crippen molar-refractivity contribution in [2.45, 2.75) is 30.9 Å². The van der Waals surface area contributed by atoms with Gasteiger partial charge in [0, 0.05) is 0 Å². The molecule has 146 valence electrons. The van der Waals surface area contributed by atoms with Crippen LogP contribution in [0.3, 0.4) is 0 Å². The zero-order valence-electron chi connectivity index (χ0n) is 14.3. The van der Waals surface area contributed by atoms with E-state index in [-0.39, 0.29) is 5.56 Å². The number of rotatable bonds is 5. The average Bonchev–Trinajstić information content (AvgIpc) is 3.30. The van der Waals surface area contributed by atoms with Crippen molar-refractivity contribution in [1.82, 2.24) is 0 Å². The third-order valence-electron chi connectivity index (χ3n) is 4.38. The molecule has 0 amide bonds.